The van der Waals surface area contributed by atoms with Crippen LogP contribution < -0.4 is 11.1 Å². The number of rotatable bonds is 5. The van der Waals surface area contributed by atoms with Crippen LogP contribution in [-0.4, -0.2) is 29.7 Å². The van der Waals surface area contributed by atoms with Gasteiger partial charge in [-0.2, -0.15) is 0 Å². The highest BCUT2D eigenvalue weighted by Gasteiger charge is 2.41. The Hall–Kier alpha value is -0.610. The SMILES string of the molecule is CC(C)(N)C(C)(C)C(=O)NCC1(CO)CCCC1. The molecular formula is C14H28N2O2. The molecule has 1 rings (SSSR count). The van der Waals surface area contributed by atoms with Gasteiger partial charge in [-0.25, -0.2) is 0 Å². The first-order valence-electron chi connectivity index (χ1n) is 6.83. The molecule has 0 spiro atoms. The smallest absolute Gasteiger partial charge is 0.227 e. The summed E-state index contributed by atoms with van der Waals surface area (Å²) in [5.74, 6) is -0.0327. The summed E-state index contributed by atoms with van der Waals surface area (Å²) >= 11 is 0. The molecule has 0 bridgehead atoms. The van der Waals surface area contributed by atoms with Crippen molar-refractivity contribution >= 4 is 5.91 Å². The van der Waals surface area contributed by atoms with E-state index in [4.69, 9.17) is 5.73 Å². The largest absolute Gasteiger partial charge is 0.396 e. The summed E-state index contributed by atoms with van der Waals surface area (Å²) in [7, 11) is 0. The summed E-state index contributed by atoms with van der Waals surface area (Å²) in [6.07, 6.45) is 4.27. The monoisotopic (exact) mass is 256 g/mol. The van der Waals surface area contributed by atoms with E-state index in [0.29, 0.717) is 6.54 Å². The molecule has 1 aliphatic carbocycles. The van der Waals surface area contributed by atoms with E-state index in [1.165, 1.54) is 0 Å². The van der Waals surface area contributed by atoms with E-state index in [2.05, 4.69) is 5.32 Å². The maximum atomic E-state index is 12.3. The second kappa shape index (κ2) is 5.17. The second-order valence-electron chi connectivity index (χ2n) is 6.89. The first-order chi connectivity index (χ1) is 8.15. The highest BCUT2D eigenvalue weighted by atomic mass is 16.3. The van der Waals surface area contributed by atoms with Gasteiger partial charge >= 0.3 is 0 Å². The van der Waals surface area contributed by atoms with Gasteiger partial charge in [-0.15, -0.1) is 0 Å². The lowest BCUT2D eigenvalue weighted by atomic mass is 9.74. The van der Waals surface area contributed by atoms with E-state index in [9.17, 15) is 9.90 Å². The summed E-state index contributed by atoms with van der Waals surface area (Å²) in [5.41, 5.74) is 4.75. The van der Waals surface area contributed by atoms with Crippen molar-refractivity contribution in [2.45, 2.75) is 58.9 Å². The van der Waals surface area contributed by atoms with Crippen molar-refractivity contribution < 1.29 is 9.90 Å². The van der Waals surface area contributed by atoms with Crippen molar-refractivity contribution in [2.75, 3.05) is 13.2 Å². The predicted octanol–water partition coefficient (Wildman–Crippen LogP) is 1.42. The molecule has 1 aliphatic rings. The zero-order chi connectivity index (χ0) is 14.0. The predicted molar refractivity (Wildman–Crippen MR) is 73.0 cm³/mol. The van der Waals surface area contributed by atoms with Gasteiger partial charge in [0.25, 0.3) is 0 Å². The number of hydrogen-bond donors (Lipinski definition) is 3. The quantitative estimate of drug-likeness (QED) is 0.696. The Morgan fingerprint density at radius 2 is 1.78 bits per heavy atom. The maximum Gasteiger partial charge on any atom is 0.227 e. The minimum absolute atomic E-state index is 0.0327. The van der Waals surface area contributed by atoms with E-state index < -0.39 is 11.0 Å². The molecule has 0 heterocycles. The van der Waals surface area contributed by atoms with Crippen molar-refractivity contribution in [3.8, 4) is 0 Å². The number of nitrogens with one attached hydrogen (secondary N) is 1. The molecule has 0 unspecified atom stereocenters. The van der Waals surface area contributed by atoms with Gasteiger partial charge in [0.1, 0.15) is 0 Å². The van der Waals surface area contributed by atoms with Gasteiger partial charge in [-0.1, -0.05) is 12.8 Å². The summed E-state index contributed by atoms with van der Waals surface area (Å²) in [6.45, 7) is 8.17. The Labute approximate surface area is 110 Å². The Kier molecular flexibility index (Phi) is 4.44. The minimum Gasteiger partial charge on any atom is -0.396 e. The first-order valence-corrected chi connectivity index (χ1v) is 6.83. The summed E-state index contributed by atoms with van der Waals surface area (Å²) in [5, 5.41) is 12.5. The summed E-state index contributed by atoms with van der Waals surface area (Å²) in [6, 6.07) is 0. The topological polar surface area (TPSA) is 75.4 Å². The first kappa shape index (κ1) is 15.4. The Balaban J connectivity index is 2.61. The van der Waals surface area contributed by atoms with E-state index in [1.807, 2.05) is 27.7 Å². The Morgan fingerprint density at radius 1 is 1.28 bits per heavy atom. The van der Waals surface area contributed by atoms with Crippen molar-refractivity contribution in [2.24, 2.45) is 16.6 Å². The molecule has 106 valence electrons. The molecule has 0 atom stereocenters. The Bertz CT molecular complexity index is 299. The van der Waals surface area contributed by atoms with Gasteiger partial charge in [0.05, 0.1) is 12.0 Å². The van der Waals surface area contributed by atoms with Crippen molar-refractivity contribution in [1.82, 2.24) is 5.32 Å². The fourth-order valence-corrected chi connectivity index (χ4v) is 2.30. The summed E-state index contributed by atoms with van der Waals surface area (Å²) < 4.78 is 0. The number of carbonyl (C=O) groups excluding carboxylic acids is 1. The number of carbonyl (C=O) groups is 1. The third-order valence-corrected chi connectivity index (χ3v) is 4.80. The van der Waals surface area contributed by atoms with Crippen molar-refractivity contribution in [1.29, 1.82) is 0 Å². The lowest BCUT2D eigenvalue weighted by molar-refractivity contribution is -0.132. The van der Waals surface area contributed by atoms with Crippen LogP contribution in [0.2, 0.25) is 0 Å². The van der Waals surface area contributed by atoms with Gasteiger partial charge < -0.3 is 16.2 Å². The van der Waals surface area contributed by atoms with Crippen LogP contribution in [0.25, 0.3) is 0 Å². The third-order valence-electron chi connectivity index (χ3n) is 4.80. The second-order valence-corrected chi connectivity index (χ2v) is 6.89. The molecule has 0 aliphatic heterocycles. The maximum absolute atomic E-state index is 12.3. The number of nitrogens with two attached hydrogens (primary N) is 1. The zero-order valence-electron chi connectivity index (χ0n) is 12.2. The van der Waals surface area contributed by atoms with Crippen LogP contribution in [0, 0.1) is 10.8 Å². The van der Waals surface area contributed by atoms with Crippen LogP contribution in [0.5, 0.6) is 0 Å². The van der Waals surface area contributed by atoms with Crippen LogP contribution in [0.4, 0.5) is 0 Å². The van der Waals surface area contributed by atoms with Crippen LogP contribution in [-0.2, 0) is 4.79 Å². The fraction of sp³-hybridized carbons (Fsp3) is 0.929. The third kappa shape index (κ3) is 3.04. The number of aliphatic hydroxyl groups is 1. The highest BCUT2D eigenvalue weighted by molar-refractivity contribution is 5.83. The normalized spacial score (nSPS) is 19.9. The molecule has 4 heteroatoms. The van der Waals surface area contributed by atoms with Crippen molar-refractivity contribution in [3.05, 3.63) is 0 Å². The molecule has 0 saturated heterocycles. The number of hydrogen-bond acceptors (Lipinski definition) is 3. The highest BCUT2D eigenvalue weighted by Crippen LogP contribution is 2.37. The zero-order valence-corrected chi connectivity index (χ0v) is 12.2. The lowest BCUT2D eigenvalue weighted by Gasteiger charge is -2.38. The van der Waals surface area contributed by atoms with Gasteiger partial charge in [0.2, 0.25) is 5.91 Å². The summed E-state index contributed by atoms with van der Waals surface area (Å²) in [4.78, 5) is 12.3. The van der Waals surface area contributed by atoms with E-state index in [-0.39, 0.29) is 17.9 Å². The lowest BCUT2D eigenvalue weighted by Crippen LogP contribution is -2.56. The van der Waals surface area contributed by atoms with Crippen LogP contribution >= 0.6 is 0 Å². The van der Waals surface area contributed by atoms with Gasteiger partial charge in [-0.3, -0.25) is 4.79 Å². The average Bonchev–Trinajstić information content (AvgIpc) is 2.73. The molecular weight excluding hydrogens is 228 g/mol. The van der Waals surface area contributed by atoms with E-state index in [1.54, 1.807) is 0 Å². The fourth-order valence-electron chi connectivity index (χ4n) is 2.30. The molecule has 0 aromatic rings. The average molecular weight is 256 g/mol. The molecule has 4 N–H and O–H groups in total. The van der Waals surface area contributed by atoms with Gasteiger partial charge in [0.15, 0.2) is 0 Å². The standard InChI is InChI=1S/C14H28N2O2/c1-12(2,13(3,4)15)11(18)16-9-14(10-17)7-5-6-8-14/h17H,5-10,15H2,1-4H3,(H,16,18). The van der Waals surface area contributed by atoms with Gasteiger partial charge in [0, 0.05) is 17.5 Å². The van der Waals surface area contributed by atoms with E-state index in [0.717, 1.165) is 25.7 Å². The number of amides is 1. The van der Waals surface area contributed by atoms with E-state index >= 15 is 0 Å². The van der Waals surface area contributed by atoms with Crippen LogP contribution in [0.1, 0.15) is 53.4 Å². The molecule has 0 aromatic heterocycles. The van der Waals surface area contributed by atoms with Gasteiger partial charge in [-0.05, 0) is 40.5 Å². The molecule has 4 nitrogen and oxygen atoms in total. The molecule has 1 fully saturated rings. The van der Waals surface area contributed by atoms with Crippen LogP contribution in [0.15, 0.2) is 0 Å². The van der Waals surface area contributed by atoms with Crippen LogP contribution in [0.3, 0.4) is 0 Å². The molecule has 0 aromatic carbocycles. The molecule has 0 radical (unpaired) electrons. The molecule has 1 amide bonds. The molecule has 1 saturated carbocycles. The number of aliphatic hydroxyl groups excluding tert-OH is 1. The minimum atomic E-state index is -0.623. The Morgan fingerprint density at radius 3 is 2.17 bits per heavy atom. The van der Waals surface area contributed by atoms with Crippen molar-refractivity contribution in [3.63, 3.8) is 0 Å². The molecule has 18 heavy (non-hydrogen) atoms.